The summed E-state index contributed by atoms with van der Waals surface area (Å²) in [6, 6.07) is 17.3. The van der Waals surface area contributed by atoms with E-state index in [0.29, 0.717) is 43.9 Å². The molecule has 0 saturated heterocycles. The molecule has 0 fully saturated rings. The van der Waals surface area contributed by atoms with Crippen molar-refractivity contribution >= 4 is 37.8 Å². The summed E-state index contributed by atoms with van der Waals surface area (Å²) in [5.74, 6) is 1.83. The Morgan fingerprint density at radius 1 is 1.02 bits per heavy atom. The van der Waals surface area contributed by atoms with E-state index in [2.05, 4.69) is 19.3 Å². The molecule has 41 heavy (non-hydrogen) atoms. The monoisotopic (exact) mass is 574 g/mol. The van der Waals surface area contributed by atoms with E-state index >= 15 is 0 Å². The fraction of sp³-hybridized carbons (Fsp3) is 0.300. The van der Waals surface area contributed by atoms with E-state index < -0.39 is 10.0 Å². The number of anilines is 1. The van der Waals surface area contributed by atoms with Crippen molar-refractivity contribution in [1.82, 2.24) is 24.2 Å². The number of hydrogen-bond donors (Lipinski definition) is 2. The Bertz CT molecular complexity index is 1740. The third-order valence-electron chi connectivity index (χ3n) is 6.91. The molecule has 3 N–H and O–H groups in total. The molecule has 5 rings (SSSR count). The van der Waals surface area contributed by atoms with E-state index in [4.69, 9.17) is 20.2 Å². The first-order valence-electron chi connectivity index (χ1n) is 13.5. The number of fused-ring (bicyclic) bond motifs is 3. The van der Waals surface area contributed by atoms with Crippen LogP contribution in [-0.4, -0.2) is 47.4 Å². The number of ether oxygens (including phenoxy) is 2. The van der Waals surface area contributed by atoms with Crippen molar-refractivity contribution in [1.29, 1.82) is 0 Å². The highest BCUT2D eigenvalue weighted by Gasteiger charge is 2.18. The molecule has 0 spiro atoms. The molecule has 3 aromatic heterocycles. The van der Waals surface area contributed by atoms with Crippen molar-refractivity contribution in [3.63, 3.8) is 0 Å². The minimum absolute atomic E-state index is 0.0233. The smallest absolute Gasteiger partial charge is 0.211 e. The molecule has 214 valence electrons. The predicted molar refractivity (Wildman–Crippen MR) is 161 cm³/mol. The van der Waals surface area contributed by atoms with Crippen molar-refractivity contribution in [2.24, 2.45) is 0 Å². The number of methoxy groups -OCH3 is 1. The second-order valence-corrected chi connectivity index (χ2v) is 11.6. The first kappa shape index (κ1) is 28.5. The average Bonchev–Trinajstić information content (AvgIpc) is 3.36. The highest BCUT2D eigenvalue weighted by Crippen LogP contribution is 2.32. The van der Waals surface area contributed by atoms with E-state index in [1.165, 1.54) is 0 Å². The average molecular weight is 575 g/mol. The van der Waals surface area contributed by atoms with Crippen molar-refractivity contribution in [2.45, 2.75) is 39.5 Å². The van der Waals surface area contributed by atoms with Gasteiger partial charge in [0, 0.05) is 43.0 Å². The van der Waals surface area contributed by atoms with Crippen molar-refractivity contribution in [3.05, 3.63) is 78.4 Å². The topological polar surface area (TPSA) is 134 Å². The van der Waals surface area contributed by atoms with Gasteiger partial charge in [0.05, 0.1) is 23.9 Å². The van der Waals surface area contributed by atoms with Crippen LogP contribution < -0.4 is 15.2 Å². The van der Waals surface area contributed by atoms with Gasteiger partial charge in [-0.05, 0) is 55.2 Å². The van der Waals surface area contributed by atoms with Gasteiger partial charge in [-0.25, -0.2) is 23.1 Å². The zero-order valence-corrected chi connectivity index (χ0v) is 24.0. The maximum atomic E-state index is 12.7. The highest BCUT2D eigenvalue weighted by molar-refractivity contribution is 7.89. The number of imidazole rings is 1. The number of aromatic nitrogens is 4. The Hall–Kier alpha value is -4.06. The molecule has 3 heterocycles. The van der Waals surface area contributed by atoms with Crippen LogP contribution in [0.2, 0.25) is 0 Å². The number of nitrogens with zero attached hydrogens (tertiary/aromatic N) is 4. The molecular formula is C30H34N6O4S. The number of nitrogens with one attached hydrogen (secondary N) is 1. The predicted octanol–water partition coefficient (Wildman–Crippen LogP) is 4.67. The number of hydrogen-bond acceptors (Lipinski definition) is 8. The maximum absolute atomic E-state index is 12.7. The lowest BCUT2D eigenvalue weighted by molar-refractivity contribution is 0.126. The SMILES string of the molecule is CCOCc1nc2c(N)nc3cc(-c4cccnc4)ccc3c2n1CCCCS(=O)(=O)NCc1ccc(OC)cc1. The van der Waals surface area contributed by atoms with Crippen LogP contribution >= 0.6 is 0 Å². The van der Waals surface area contributed by atoms with Crippen LogP contribution in [0.4, 0.5) is 5.82 Å². The maximum Gasteiger partial charge on any atom is 0.211 e. The first-order chi connectivity index (χ1) is 19.9. The Labute approximate surface area is 239 Å². The summed E-state index contributed by atoms with van der Waals surface area (Å²) in [5, 5.41) is 0.922. The molecular weight excluding hydrogens is 540 g/mol. The fourth-order valence-electron chi connectivity index (χ4n) is 4.79. The quantitative estimate of drug-likeness (QED) is 0.194. The van der Waals surface area contributed by atoms with E-state index in [1.54, 1.807) is 13.3 Å². The van der Waals surface area contributed by atoms with Gasteiger partial charge in [-0.15, -0.1) is 0 Å². The summed E-state index contributed by atoms with van der Waals surface area (Å²) in [7, 11) is -1.85. The molecule has 0 aliphatic heterocycles. The number of pyridine rings is 2. The normalized spacial score (nSPS) is 11.9. The Morgan fingerprint density at radius 2 is 1.85 bits per heavy atom. The molecule has 0 bridgehead atoms. The van der Waals surface area contributed by atoms with Crippen LogP contribution in [0, 0.1) is 0 Å². The van der Waals surface area contributed by atoms with Crippen LogP contribution in [0.3, 0.4) is 0 Å². The van der Waals surface area contributed by atoms with Gasteiger partial charge in [0.15, 0.2) is 5.82 Å². The summed E-state index contributed by atoms with van der Waals surface area (Å²) >= 11 is 0. The van der Waals surface area contributed by atoms with Crippen LogP contribution in [0.5, 0.6) is 5.75 Å². The van der Waals surface area contributed by atoms with Crippen LogP contribution in [-0.2, 0) is 34.5 Å². The van der Waals surface area contributed by atoms with E-state index in [-0.39, 0.29) is 12.3 Å². The highest BCUT2D eigenvalue weighted by atomic mass is 32.2. The number of nitrogens with two attached hydrogens (primary N) is 1. The molecule has 2 aromatic carbocycles. The van der Waals surface area contributed by atoms with E-state index in [1.807, 2.05) is 67.7 Å². The Balaban J connectivity index is 1.34. The molecule has 0 unspecified atom stereocenters. The summed E-state index contributed by atoms with van der Waals surface area (Å²) in [4.78, 5) is 13.7. The number of rotatable bonds is 13. The standard InChI is InChI=1S/C30H34N6O4S/c1-3-40-20-27-35-28-29(25-13-10-22(17-26(25)34-30(28)31)23-7-6-14-32-19-23)36(27)15-4-5-16-41(37,38)33-18-21-8-11-24(39-2)12-9-21/h6-14,17,19,33H,3-5,15-16,18,20H2,1-2H3,(H2,31,34). The minimum atomic E-state index is -3.44. The number of sulfonamides is 1. The largest absolute Gasteiger partial charge is 0.497 e. The summed E-state index contributed by atoms with van der Waals surface area (Å²) in [5.41, 5.74) is 11.5. The lowest BCUT2D eigenvalue weighted by atomic mass is 10.0. The van der Waals surface area contributed by atoms with Gasteiger partial charge in [-0.3, -0.25) is 4.98 Å². The number of benzene rings is 2. The molecule has 0 atom stereocenters. The second-order valence-electron chi connectivity index (χ2n) is 9.68. The number of aryl methyl sites for hydroxylation is 1. The molecule has 0 aliphatic rings. The third kappa shape index (κ3) is 6.64. The van der Waals surface area contributed by atoms with Gasteiger partial charge in [0.1, 0.15) is 23.7 Å². The zero-order chi connectivity index (χ0) is 28.8. The molecule has 11 heteroatoms. The van der Waals surface area contributed by atoms with Crippen LogP contribution in [0.15, 0.2) is 67.0 Å². The Morgan fingerprint density at radius 3 is 2.59 bits per heavy atom. The molecule has 5 aromatic rings. The number of nitrogen functional groups attached to an aromatic ring is 1. The molecule has 10 nitrogen and oxygen atoms in total. The van der Waals surface area contributed by atoms with E-state index in [9.17, 15) is 8.42 Å². The lowest BCUT2D eigenvalue weighted by Crippen LogP contribution is -2.26. The summed E-state index contributed by atoms with van der Waals surface area (Å²) < 4.78 is 41.0. The third-order valence-corrected chi connectivity index (χ3v) is 8.32. The lowest BCUT2D eigenvalue weighted by Gasteiger charge is -2.12. The van der Waals surface area contributed by atoms with Gasteiger partial charge >= 0.3 is 0 Å². The van der Waals surface area contributed by atoms with Gasteiger partial charge in [0.25, 0.3) is 0 Å². The van der Waals surface area contributed by atoms with Crippen LogP contribution in [0.1, 0.15) is 31.2 Å². The molecule has 0 radical (unpaired) electrons. The minimum Gasteiger partial charge on any atom is -0.497 e. The second kappa shape index (κ2) is 12.6. The molecule has 0 amide bonds. The fourth-order valence-corrected chi connectivity index (χ4v) is 5.90. The van der Waals surface area contributed by atoms with Gasteiger partial charge in [-0.2, -0.15) is 0 Å². The number of unbranched alkanes of at least 4 members (excludes halogenated alkanes) is 1. The van der Waals surface area contributed by atoms with E-state index in [0.717, 1.165) is 44.7 Å². The van der Waals surface area contributed by atoms with Crippen LogP contribution in [0.25, 0.3) is 33.1 Å². The zero-order valence-electron chi connectivity index (χ0n) is 23.2. The van der Waals surface area contributed by atoms with Crippen molar-refractivity contribution in [3.8, 4) is 16.9 Å². The Kier molecular flexibility index (Phi) is 8.77. The van der Waals surface area contributed by atoms with Gasteiger partial charge in [0.2, 0.25) is 10.0 Å². The van der Waals surface area contributed by atoms with Gasteiger partial charge < -0.3 is 19.8 Å². The summed E-state index contributed by atoms with van der Waals surface area (Å²) in [6.45, 7) is 3.60. The molecule has 0 saturated carbocycles. The van der Waals surface area contributed by atoms with Crippen molar-refractivity contribution < 1.29 is 17.9 Å². The first-order valence-corrected chi connectivity index (χ1v) is 15.2. The molecule has 0 aliphatic carbocycles. The summed E-state index contributed by atoms with van der Waals surface area (Å²) in [6.07, 6.45) is 4.67. The van der Waals surface area contributed by atoms with Gasteiger partial charge in [-0.1, -0.05) is 30.3 Å². The van der Waals surface area contributed by atoms with Crippen molar-refractivity contribution in [2.75, 3.05) is 25.2 Å².